The fraction of sp³-hybridized carbons (Fsp3) is 0.400. The zero-order valence-corrected chi connectivity index (χ0v) is 20.8. The Morgan fingerprint density at radius 3 is 2.64 bits per heavy atom. The zero-order chi connectivity index (χ0) is 21.9. The largest absolute Gasteiger partial charge is 0.493 e. The molecule has 0 aliphatic carbocycles. The monoisotopic (exact) mass is 486 g/mol. The third-order valence-electron chi connectivity index (χ3n) is 6.15. The van der Waals surface area contributed by atoms with Crippen LogP contribution in [0.25, 0.3) is 21.7 Å². The molecule has 0 spiro atoms. The van der Waals surface area contributed by atoms with Crippen molar-refractivity contribution in [2.75, 3.05) is 26.3 Å². The van der Waals surface area contributed by atoms with Crippen LogP contribution in [0.15, 0.2) is 48.0 Å². The predicted molar refractivity (Wildman–Crippen MR) is 137 cm³/mol. The fourth-order valence-corrected chi connectivity index (χ4v) is 5.09. The van der Waals surface area contributed by atoms with Crippen molar-refractivity contribution in [3.05, 3.63) is 53.7 Å². The number of hydrogen-bond acceptors (Lipinski definition) is 5. The Bertz CT molecular complexity index is 1180. The van der Waals surface area contributed by atoms with Gasteiger partial charge in [0.2, 0.25) is 0 Å². The number of nitrogens with zero attached hydrogens (tertiary/aromatic N) is 3. The van der Waals surface area contributed by atoms with E-state index in [-0.39, 0.29) is 12.4 Å². The third kappa shape index (κ3) is 5.21. The average molecular weight is 487 g/mol. The van der Waals surface area contributed by atoms with Gasteiger partial charge in [-0.25, -0.2) is 4.98 Å². The van der Waals surface area contributed by atoms with Gasteiger partial charge in [-0.1, -0.05) is 6.92 Å². The maximum atomic E-state index is 6.03. The van der Waals surface area contributed by atoms with E-state index in [1.807, 2.05) is 24.3 Å². The van der Waals surface area contributed by atoms with E-state index < -0.39 is 0 Å². The van der Waals surface area contributed by atoms with E-state index in [4.69, 9.17) is 14.5 Å². The average Bonchev–Trinajstić information content (AvgIpc) is 3.60. The first-order valence-electron chi connectivity index (χ1n) is 11.4. The molecule has 176 valence electrons. The van der Waals surface area contributed by atoms with Gasteiger partial charge in [0.1, 0.15) is 18.1 Å². The standard InChI is InChI=1S/C25H30N4O2S.ClH/c1-3-19-16-29(25(27-19)23-14-24-22(28(23)2)9-13-32-24)11-12-30-20-4-6-21(7-5-20)31-17-18-8-10-26-15-18;/h4-7,9,13-14,16,18,26H,3,8,10-12,15,17H2,1-2H3;1H. The molecule has 1 aliphatic rings. The highest BCUT2D eigenvalue weighted by Crippen LogP contribution is 2.30. The molecule has 1 unspecified atom stereocenters. The van der Waals surface area contributed by atoms with Crippen LogP contribution < -0.4 is 14.8 Å². The molecule has 1 saturated heterocycles. The number of nitrogens with one attached hydrogen (secondary N) is 1. The highest BCUT2D eigenvalue weighted by Gasteiger charge is 2.16. The minimum absolute atomic E-state index is 0. The van der Waals surface area contributed by atoms with Crippen LogP contribution in [0.4, 0.5) is 0 Å². The Hall–Kier alpha value is -2.48. The summed E-state index contributed by atoms with van der Waals surface area (Å²) in [7, 11) is 2.11. The van der Waals surface area contributed by atoms with Crippen LogP contribution >= 0.6 is 23.7 Å². The van der Waals surface area contributed by atoms with Crippen molar-refractivity contribution in [1.82, 2.24) is 19.4 Å². The lowest BCUT2D eigenvalue weighted by Crippen LogP contribution is -2.15. The summed E-state index contributed by atoms with van der Waals surface area (Å²) in [5.41, 5.74) is 3.49. The van der Waals surface area contributed by atoms with Crippen molar-refractivity contribution in [1.29, 1.82) is 0 Å². The number of rotatable bonds is 9. The van der Waals surface area contributed by atoms with Crippen LogP contribution in [-0.4, -0.2) is 40.4 Å². The van der Waals surface area contributed by atoms with Crippen LogP contribution in [0.1, 0.15) is 19.0 Å². The van der Waals surface area contributed by atoms with Gasteiger partial charge in [-0.2, -0.15) is 0 Å². The highest BCUT2D eigenvalue weighted by molar-refractivity contribution is 7.17. The molecule has 4 heterocycles. The molecular weight excluding hydrogens is 456 g/mol. The third-order valence-corrected chi connectivity index (χ3v) is 7.01. The molecular formula is C25H31ClN4O2S. The molecule has 1 N–H and O–H groups in total. The minimum atomic E-state index is 0. The maximum absolute atomic E-state index is 6.03. The molecule has 8 heteroatoms. The van der Waals surface area contributed by atoms with E-state index in [0.717, 1.165) is 61.4 Å². The Morgan fingerprint density at radius 1 is 1.15 bits per heavy atom. The first kappa shape index (κ1) is 23.7. The van der Waals surface area contributed by atoms with Crippen LogP contribution in [0, 0.1) is 5.92 Å². The van der Waals surface area contributed by atoms with Gasteiger partial charge < -0.3 is 23.9 Å². The number of fused-ring (bicyclic) bond motifs is 1. The Kier molecular flexibility index (Phi) is 7.63. The molecule has 6 nitrogen and oxygen atoms in total. The Labute approximate surface area is 204 Å². The Morgan fingerprint density at radius 2 is 1.94 bits per heavy atom. The first-order valence-corrected chi connectivity index (χ1v) is 12.2. The number of halogens is 1. The van der Waals surface area contributed by atoms with Gasteiger partial charge in [0, 0.05) is 25.7 Å². The van der Waals surface area contributed by atoms with Crippen molar-refractivity contribution < 1.29 is 9.47 Å². The summed E-state index contributed by atoms with van der Waals surface area (Å²) in [6.45, 7) is 6.39. The van der Waals surface area contributed by atoms with Crippen LogP contribution in [0.2, 0.25) is 0 Å². The fourth-order valence-electron chi connectivity index (χ4n) is 4.24. The number of benzene rings is 1. The highest BCUT2D eigenvalue weighted by atomic mass is 35.5. The van der Waals surface area contributed by atoms with Gasteiger partial charge in [0.25, 0.3) is 0 Å². The summed E-state index contributed by atoms with van der Waals surface area (Å²) in [5.74, 6) is 3.37. The molecule has 1 fully saturated rings. The summed E-state index contributed by atoms with van der Waals surface area (Å²) >= 11 is 1.77. The maximum Gasteiger partial charge on any atom is 0.157 e. The van der Waals surface area contributed by atoms with E-state index in [9.17, 15) is 0 Å². The minimum Gasteiger partial charge on any atom is -0.493 e. The number of hydrogen-bond donors (Lipinski definition) is 1. The van der Waals surface area contributed by atoms with Crippen molar-refractivity contribution in [2.24, 2.45) is 13.0 Å². The molecule has 0 radical (unpaired) electrons. The van der Waals surface area contributed by atoms with Gasteiger partial charge >= 0.3 is 0 Å². The molecule has 1 aliphatic heterocycles. The van der Waals surface area contributed by atoms with Crippen molar-refractivity contribution in [3.8, 4) is 23.0 Å². The number of thiophene rings is 1. The van der Waals surface area contributed by atoms with E-state index >= 15 is 0 Å². The number of aromatic nitrogens is 3. The molecule has 33 heavy (non-hydrogen) atoms. The van der Waals surface area contributed by atoms with Crippen LogP contribution in [-0.2, 0) is 20.0 Å². The van der Waals surface area contributed by atoms with E-state index in [1.54, 1.807) is 11.3 Å². The zero-order valence-electron chi connectivity index (χ0n) is 19.1. The normalized spacial score (nSPS) is 15.6. The summed E-state index contributed by atoms with van der Waals surface area (Å²) in [5, 5.41) is 5.51. The van der Waals surface area contributed by atoms with Crippen molar-refractivity contribution in [3.63, 3.8) is 0 Å². The second-order valence-corrected chi connectivity index (χ2v) is 9.30. The number of aryl methyl sites for hydroxylation is 2. The van der Waals surface area contributed by atoms with Gasteiger partial charge in [0.15, 0.2) is 5.82 Å². The van der Waals surface area contributed by atoms with Gasteiger partial charge in [-0.3, -0.25) is 0 Å². The molecule has 0 saturated carbocycles. The quantitative estimate of drug-likeness (QED) is 0.355. The predicted octanol–water partition coefficient (Wildman–Crippen LogP) is 5.15. The lowest BCUT2D eigenvalue weighted by molar-refractivity contribution is 0.259. The van der Waals surface area contributed by atoms with Gasteiger partial charge in [-0.15, -0.1) is 23.7 Å². The molecule has 5 rings (SSSR count). The van der Waals surface area contributed by atoms with Crippen molar-refractivity contribution >= 4 is 34.0 Å². The summed E-state index contributed by atoms with van der Waals surface area (Å²) < 4.78 is 17.7. The molecule has 0 amide bonds. The number of imidazole rings is 1. The summed E-state index contributed by atoms with van der Waals surface area (Å²) in [4.78, 5) is 4.90. The lowest BCUT2D eigenvalue weighted by atomic mass is 10.1. The first-order chi connectivity index (χ1) is 15.7. The van der Waals surface area contributed by atoms with E-state index in [2.05, 4.69) is 52.1 Å². The van der Waals surface area contributed by atoms with E-state index in [0.29, 0.717) is 12.5 Å². The van der Waals surface area contributed by atoms with Gasteiger partial charge in [-0.05, 0) is 61.2 Å². The smallest absolute Gasteiger partial charge is 0.157 e. The van der Waals surface area contributed by atoms with Gasteiger partial charge in [0.05, 0.1) is 34.8 Å². The Balaban J connectivity index is 0.00000259. The lowest BCUT2D eigenvalue weighted by Gasteiger charge is -2.12. The van der Waals surface area contributed by atoms with Crippen LogP contribution in [0.5, 0.6) is 11.5 Å². The summed E-state index contributed by atoms with van der Waals surface area (Å²) in [6.07, 6.45) is 4.25. The molecule has 3 aromatic heterocycles. The topological polar surface area (TPSA) is 53.2 Å². The van der Waals surface area contributed by atoms with E-state index in [1.165, 1.54) is 16.6 Å². The summed E-state index contributed by atoms with van der Waals surface area (Å²) in [6, 6.07) is 12.4. The molecule has 1 aromatic carbocycles. The second kappa shape index (κ2) is 10.6. The van der Waals surface area contributed by atoms with Crippen LogP contribution in [0.3, 0.4) is 0 Å². The SMILES string of the molecule is CCc1cn(CCOc2ccc(OCC3CCNC3)cc2)c(-c2cc3sccc3n2C)n1.Cl. The molecule has 1 atom stereocenters. The molecule has 4 aromatic rings. The number of ether oxygens (including phenoxy) is 2. The molecule has 0 bridgehead atoms. The second-order valence-electron chi connectivity index (χ2n) is 8.35. The van der Waals surface area contributed by atoms with Crippen molar-refractivity contribution in [2.45, 2.75) is 26.3 Å².